The number of carbonyl (C=O) groups is 2. The first-order valence-electron chi connectivity index (χ1n) is 18.3. The first-order chi connectivity index (χ1) is 26.9. The van der Waals surface area contributed by atoms with E-state index >= 15 is 0 Å². The Morgan fingerprint density at radius 3 is 0.821 bits per heavy atom. The van der Waals surface area contributed by atoms with Gasteiger partial charge in [-0.3, -0.25) is 9.59 Å². The third-order valence-corrected chi connectivity index (χ3v) is 9.50. The Bertz CT molecular complexity index is 2410. The van der Waals surface area contributed by atoms with Gasteiger partial charge in [0.2, 0.25) is 0 Å². The number of nitrogens with one attached hydrogen (secondary N) is 2. The second-order valence-electron chi connectivity index (χ2n) is 13.5. The van der Waals surface area contributed by atoms with Gasteiger partial charge in [0, 0.05) is 44.3 Å². The molecule has 2 aliphatic rings. The number of rotatable bonds is 6. The molecule has 0 amide bonds. The van der Waals surface area contributed by atoms with Gasteiger partial charge in [0.1, 0.15) is 11.6 Å². The maximum Gasteiger partial charge on any atom is 3.00 e. The molecule has 0 radical (unpaired) electrons. The molecule has 2 aliphatic heterocycles. The van der Waals surface area contributed by atoms with Crippen molar-refractivity contribution in [1.29, 1.82) is 0 Å². The van der Waals surface area contributed by atoms with Crippen molar-refractivity contribution < 1.29 is 46.5 Å². The van der Waals surface area contributed by atoms with E-state index in [2.05, 4.69) is 156 Å². The Morgan fingerprint density at radius 2 is 0.625 bits per heavy atom. The van der Waals surface area contributed by atoms with Crippen molar-refractivity contribution in [2.45, 2.75) is 20.3 Å². The van der Waals surface area contributed by atoms with Crippen LogP contribution in [-0.2, 0) is 9.59 Å². The van der Waals surface area contributed by atoms with Crippen molar-refractivity contribution in [1.82, 2.24) is 19.9 Å². The number of benzene rings is 4. The van der Waals surface area contributed by atoms with Crippen molar-refractivity contribution in [3.8, 4) is 44.5 Å². The zero-order chi connectivity index (χ0) is 37.7. The maximum absolute atomic E-state index is 10.0. The van der Waals surface area contributed by atoms with Crippen LogP contribution in [0.15, 0.2) is 146 Å². The molecule has 276 valence electrons. The Morgan fingerprint density at radius 1 is 0.393 bits per heavy atom. The minimum Gasteiger partial charge on any atom is -0.354 e. The van der Waals surface area contributed by atoms with Crippen molar-refractivity contribution in [3.05, 3.63) is 168 Å². The second-order valence-corrected chi connectivity index (χ2v) is 13.5. The summed E-state index contributed by atoms with van der Waals surface area (Å²) in [4.78, 5) is 38.4. The molecule has 0 saturated carbocycles. The molecular formula is C49H38N4O2Tm+3. The largest absolute Gasteiger partial charge is 3.00 e. The SMILES string of the molecule is C1=Cc2nc1c(-c1ccccc1)c1ccc([nH]1)c(-c1ccccc1)c1nc(c(-c3ccccc3)c3ccc([nH]3)c2-c2ccccc2)C=C1.CC(=O)CC(C)=O.[Tm+3]. The Hall–Kier alpha value is -5.95. The molecule has 6 nitrogen and oxygen atoms in total. The van der Waals surface area contributed by atoms with Gasteiger partial charge in [-0.15, -0.1) is 0 Å². The molecule has 0 aliphatic carbocycles. The number of carbonyl (C=O) groups excluding carboxylic acids is 2. The van der Waals surface area contributed by atoms with Crippen LogP contribution < -0.4 is 0 Å². The van der Waals surface area contributed by atoms with E-state index in [1.54, 1.807) is 0 Å². The molecule has 3 aromatic heterocycles. The molecule has 0 fully saturated rings. The zero-order valence-electron chi connectivity index (χ0n) is 30.9. The van der Waals surface area contributed by atoms with Crippen LogP contribution in [-0.4, -0.2) is 31.5 Å². The second kappa shape index (κ2) is 17.2. The number of aromatic nitrogens is 4. The van der Waals surface area contributed by atoms with E-state index in [1.807, 2.05) is 24.3 Å². The molecule has 0 atom stereocenters. The first-order valence-corrected chi connectivity index (χ1v) is 18.3. The van der Waals surface area contributed by atoms with Crippen LogP contribution in [0.2, 0.25) is 0 Å². The number of nitrogens with zero attached hydrogens (tertiary/aromatic N) is 2. The normalized spacial score (nSPS) is 11.3. The third-order valence-electron chi connectivity index (χ3n) is 9.50. The first kappa shape index (κ1) is 38.3. The van der Waals surface area contributed by atoms with Crippen LogP contribution in [0.3, 0.4) is 0 Å². The van der Waals surface area contributed by atoms with Crippen LogP contribution in [0.25, 0.3) is 90.9 Å². The van der Waals surface area contributed by atoms with Crippen molar-refractivity contribution in [2.24, 2.45) is 0 Å². The fourth-order valence-electron chi connectivity index (χ4n) is 7.19. The fourth-order valence-corrected chi connectivity index (χ4v) is 7.19. The molecule has 2 N–H and O–H groups in total. The van der Waals surface area contributed by atoms with Crippen LogP contribution in [0.1, 0.15) is 43.0 Å². The van der Waals surface area contributed by atoms with Crippen LogP contribution in [0.5, 0.6) is 0 Å². The molecule has 0 unspecified atom stereocenters. The summed E-state index contributed by atoms with van der Waals surface area (Å²) in [5.74, 6) is -0.125. The molecule has 5 heterocycles. The summed E-state index contributed by atoms with van der Waals surface area (Å²) in [7, 11) is 0. The summed E-state index contributed by atoms with van der Waals surface area (Å²) in [5.41, 5.74) is 16.2. The molecule has 7 heteroatoms. The van der Waals surface area contributed by atoms with Gasteiger partial charge >= 0.3 is 36.9 Å². The predicted molar refractivity (Wildman–Crippen MR) is 227 cm³/mol. The number of Topliss-reactive ketones (excluding diaryl/α,β-unsaturated/α-hetero) is 2. The molecule has 7 aromatic rings. The average molecular weight is 884 g/mol. The minimum absolute atomic E-state index is 0. The summed E-state index contributed by atoms with van der Waals surface area (Å²) in [6.07, 6.45) is 8.63. The number of hydrogen-bond acceptors (Lipinski definition) is 4. The van der Waals surface area contributed by atoms with Gasteiger partial charge in [-0.1, -0.05) is 121 Å². The van der Waals surface area contributed by atoms with Crippen molar-refractivity contribution in [2.75, 3.05) is 0 Å². The quantitative estimate of drug-likeness (QED) is 0.163. The third kappa shape index (κ3) is 8.18. The van der Waals surface area contributed by atoms with Crippen molar-refractivity contribution >= 4 is 57.9 Å². The van der Waals surface area contributed by atoms with Crippen LogP contribution in [0.4, 0.5) is 0 Å². The molecule has 0 spiro atoms. The number of hydrogen-bond donors (Lipinski definition) is 2. The van der Waals surface area contributed by atoms with E-state index < -0.39 is 0 Å². The summed E-state index contributed by atoms with van der Waals surface area (Å²) in [6.45, 7) is 2.81. The Labute approximate surface area is 354 Å². The van der Waals surface area contributed by atoms with E-state index in [9.17, 15) is 9.59 Å². The summed E-state index contributed by atoms with van der Waals surface area (Å²) in [5, 5.41) is 0. The zero-order valence-corrected chi connectivity index (χ0v) is 32.6. The van der Waals surface area contributed by atoms with E-state index in [4.69, 9.17) is 9.97 Å². The maximum atomic E-state index is 10.0. The van der Waals surface area contributed by atoms with E-state index in [0.717, 1.165) is 89.4 Å². The molecule has 0 saturated heterocycles. The monoisotopic (exact) mass is 883 g/mol. The van der Waals surface area contributed by atoms with E-state index in [0.29, 0.717) is 0 Å². The molecular weight excluding hydrogens is 845 g/mol. The average Bonchev–Trinajstić information content (AvgIpc) is 4.04. The summed E-state index contributed by atoms with van der Waals surface area (Å²) < 4.78 is 0. The van der Waals surface area contributed by atoms with E-state index in [-0.39, 0.29) is 54.9 Å². The van der Waals surface area contributed by atoms with Crippen molar-refractivity contribution in [3.63, 3.8) is 0 Å². The predicted octanol–water partition coefficient (Wildman–Crippen LogP) is 11.9. The molecule has 56 heavy (non-hydrogen) atoms. The number of ketones is 2. The molecule has 8 bridgehead atoms. The minimum atomic E-state index is -0.0625. The number of fused-ring (bicyclic) bond motifs is 8. The fraction of sp³-hybridized carbons (Fsp3) is 0.0612. The van der Waals surface area contributed by atoms with Gasteiger partial charge in [0.25, 0.3) is 0 Å². The number of H-pyrrole nitrogens is 2. The van der Waals surface area contributed by atoms with Gasteiger partial charge in [-0.25, -0.2) is 9.97 Å². The molecule has 9 rings (SSSR count). The Kier molecular flexibility index (Phi) is 11.8. The van der Waals surface area contributed by atoms with Gasteiger partial charge in [-0.05, 0) is 84.7 Å². The topological polar surface area (TPSA) is 91.5 Å². The van der Waals surface area contributed by atoms with Gasteiger partial charge in [0.15, 0.2) is 0 Å². The van der Waals surface area contributed by atoms with Crippen LogP contribution >= 0.6 is 0 Å². The van der Waals surface area contributed by atoms with Gasteiger partial charge < -0.3 is 9.97 Å². The van der Waals surface area contributed by atoms with Gasteiger partial charge in [-0.2, -0.15) is 0 Å². The smallest absolute Gasteiger partial charge is 0.354 e. The number of aromatic amines is 2. The standard InChI is InChI=1S/C44H30N4.C5H8O2.Tm/c1-5-13-29(14-6-1)41-33-21-23-35(45-33)42(30-15-7-2-8-16-30)37-25-27-39(47-37)44(32-19-11-4-12-20-32)40-28-26-38(48-40)43(31-17-9-3-10-18-31)36-24-22-34(41)46-36;1-4(6)3-5(2)7;/h1-28,45,48H;3H2,1-2H3;/q;;+3. The Balaban J connectivity index is 0.000000552. The summed E-state index contributed by atoms with van der Waals surface area (Å²) >= 11 is 0. The molecule has 4 aromatic carbocycles. The van der Waals surface area contributed by atoms with E-state index in [1.165, 1.54) is 13.8 Å². The van der Waals surface area contributed by atoms with Crippen LogP contribution in [0, 0.1) is 36.9 Å². The van der Waals surface area contributed by atoms with Gasteiger partial charge in [0.05, 0.1) is 29.2 Å². The summed E-state index contributed by atoms with van der Waals surface area (Å²) in [6, 6.07) is 50.7.